The van der Waals surface area contributed by atoms with Crippen molar-refractivity contribution in [2.75, 3.05) is 6.54 Å². The Morgan fingerprint density at radius 3 is 1.83 bits per heavy atom. The summed E-state index contributed by atoms with van der Waals surface area (Å²) in [6.45, 7) is 0.838. The molecule has 2 aromatic rings. The maximum atomic E-state index is 13.4. The van der Waals surface area contributed by atoms with Crippen LogP contribution >= 0.6 is 20.0 Å². The normalized spacial score (nSPS) is 17.8. The van der Waals surface area contributed by atoms with Crippen LogP contribution in [0.4, 0.5) is 0 Å². The first-order chi connectivity index (χ1) is 10.8. The molecular weight excluding hydrogens is 333 g/mol. The molecular formula is C17H21ClNO3P. The van der Waals surface area contributed by atoms with Gasteiger partial charge in [0.15, 0.2) is 0 Å². The summed E-state index contributed by atoms with van der Waals surface area (Å²) in [6.07, 6.45) is 2.90. The van der Waals surface area contributed by atoms with E-state index in [1.165, 1.54) is 0 Å². The van der Waals surface area contributed by atoms with Crippen LogP contribution < -0.4 is 14.4 Å². The Morgan fingerprint density at radius 1 is 0.870 bits per heavy atom. The van der Waals surface area contributed by atoms with Gasteiger partial charge < -0.3 is 14.4 Å². The molecule has 1 heterocycles. The van der Waals surface area contributed by atoms with Gasteiger partial charge in [-0.05, 0) is 50.1 Å². The van der Waals surface area contributed by atoms with E-state index in [0.29, 0.717) is 11.5 Å². The number of rotatable bonds is 5. The number of piperidine rings is 1. The van der Waals surface area contributed by atoms with Crippen LogP contribution in [0.3, 0.4) is 0 Å². The largest absolute Gasteiger partial charge is 0.447 e. The average Bonchev–Trinajstić information content (AvgIpc) is 2.57. The van der Waals surface area contributed by atoms with Crippen LogP contribution in [0.1, 0.15) is 19.3 Å². The number of nitrogens with one attached hydrogen (secondary N) is 1. The second-order valence-electron chi connectivity index (χ2n) is 5.31. The zero-order valence-electron chi connectivity index (χ0n) is 12.8. The van der Waals surface area contributed by atoms with E-state index in [4.69, 9.17) is 9.05 Å². The predicted molar refractivity (Wildman–Crippen MR) is 94.6 cm³/mol. The van der Waals surface area contributed by atoms with Crippen molar-refractivity contribution in [3.63, 3.8) is 0 Å². The molecule has 0 saturated carbocycles. The summed E-state index contributed by atoms with van der Waals surface area (Å²) in [7, 11) is -3.35. The molecule has 1 unspecified atom stereocenters. The number of hydrogen-bond donors (Lipinski definition) is 1. The first-order valence-corrected chi connectivity index (χ1v) is 9.20. The highest BCUT2D eigenvalue weighted by atomic mass is 35.5. The maximum absolute atomic E-state index is 13.4. The quantitative estimate of drug-likeness (QED) is 0.780. The van der Waals surface area contributed by atoms with Gasteiger partial charge >= 0.3 is 7.60 Å². The monoisotopic (exact) mass is 353 g/mol. The Kier molecular flexibility index (Phi) is 6.52. The lowest BCUT2D eigenvalue weighted by Gasteiger charge is -2.30. The Labute approximate surface area is 143 Å². The number of hydrogen-bond acceptors (Lipinski definition) is 4. The highest BCUT2D eigenvalue weighted by Gasteiger charge is 2.39. The van der Waals surface area contributed by atoms with E-state index in [9.17, 15) is 4.57 Å². The third-order valence-corrected chi connectivity index (χ3v) is 5.75. The second kappa shape index (κ2) is 8.39. The van der Waals surface area contributed by atoms with Crippen molar-refractivity contribution < 1.29 is 13.6 Å². The van der Waals surface area contributed by atoms with Gasteiger partial charge in [0.05, 0.1) is 0 Å². The molecule has 0 aliphatic carbocycles. The summed E-state index contributed by atoms with van der Waals surface area (Å²) < 4.78 is 25.0. The number of benzene rings is 2. The van der Waals surface area contributed by atoms with Crippen molar-refractivity contribution in [2.24, 2.45) is 0 Å². The summed E-state index contributed by atoms with van der Waals surface area (Å²) in [4.78, 5) is 0. The molecule has 3 rings (SSSR count). The van der Waals surface area contributed by atoms with Crippen molar-refractivity contribution in [2.45, 2.75) is 25.0 Å². The summed E-state index contributed by atoms with van der Waals surface area (Å²) >= 11 is 0. The SMILES string of the molecule is Cl.O=P(Oc1ccccc1)(Oc1ccccc1)C1CCCCN1. The molecule has 0 amide bonds. The Hall–Kier alpha value is -1.48. The number of para-hydroxylation sites is 2. The number of halogens is 1. The second-order valence-corrected chi connectivity index (χ2v) is 7.38. The first-order valence-electron chi connectivity index (χ1n) is 7.59. The average molecular weight is 354 g/mol. The lowest BCUT2D eigenvalue weighted by Crippen LogP contribution is -2.36. The van der Waals surface area contributed by atoms with Gasteiger partial charge in [-0.25, -0.2) is 4.57 Å². The van der Waals surface area contributed by atoms with Gasteiger partial charge in [-0.1, -0.05) is 36.4 Å². The van der Waals surface area contributed by atoms with Gasteiger partial charge in [-0.15, -0.1) is 12.4 Å². The summed E-state index contributed by atoms with van der Waals surface area (Å²) in [6, 6.07) is 18.4. The smallest absolute Gasteiger partial charge is 0.415 e. The molecule has 1 N–H and O–H groups in total. The highest BCUT2D eigenvalue weighted by Crippen LogP contribution is 2.53. The van der Waals surface area contributed by atoms with Crippen LogP contribution in [0.15, 0.2) is 60.7 Å². The molecule has 6 heteroatoms. The van der Waals surface area contributed by atoms with Crippen LogP contribution in [0.5, 0.6) is 11.5 Å². The third kappa shape index (κ3) is 4.74. The fraction of sp³-hybridized carbons (Fsp3) is 0.294. The molecule has 0 aromatic heterocycles. The van der Waals surface area contributed by atoms with Crippen LogP contribution in [-0.2, 0) is 4.57 Å². The van der Waals surface area contributed by atoms with Gasteiger partial charge in [0.25, 0.3) is 0 Å². The standard InChI is InChI=1S/C17H20NO3P.ClH/c19-22(17-13-7-8-14-18-17,20-15-9-3-1-4-10-15)21-16-11-5-2-6-12-16;/h1-6,9-12,17-18H,7-8,13-14H2;1H. The van der Waals surface area contributed by atoms with Crippen molar-refractivity contribution >= 4 is 20.0 Å². The zero-order valence-corrected chi connectivity index (χ0v) is 14.5. The molecule has 1 saturated heterocycles. The molecule has 1 aliphatic rings. The molecule has 1 atom stereocenters. The van der Waals surface area contributed by atoms with E-state index in [1.54, 1.807) is 24.3 Å². The van der Waals surface area contributed by atoms with Gasteiger partial charge in [0.1, 0.15) is 17.3 Å². The summed E-state index contributed by atoms with van der Waals surface area (Å²) in [5, 5.41) is 3.29. The van der Waals surface area contributed by atoms with Gasteiger partial charge in [0.2, 0.25) is 0 Å². The Balaban J connectivity index is 0.00000192. The van der Waals surface area contributed by atoms with Gasteiger partial charge in [-0.3, -0.25) is 0 Å². The molecule has 124 valence electrons. The molecule has 0 bridgehead atoms. The minimum absolute atomic E-state index is 0. The fourth-order valence-electron chi connectivity index (χ4n) is 2.51. The molecule has 4 nitrogen and oxygen atoms in total. The van der Waals surface area contributed by atoms with E-state index >= 15 is 0 Å². The fourth-order valence-corrected chi connectivity index (χ4v) is 4.48. The van der Waals surface area contributed by atoms with Crippen molar-refractivity contribution in [3.05, 3.63) is 60.7 Å². The van der Waals surface area contributed by atoms with Crippen LogP contribution in [-0.4, -0.2) is 12.3 Å². The zero-order chi connectivity index (χ0) is 15.3. The predicted octanol–water partition coefficient (Wildman–Crippen LogP) is 4.86. The molecule has 1 aliphatic heterocycles. The minimum Gasteiger partial charge on any atom is -0.415 e. The third-order valence-electron chi connectivity index (χ3n) is 3.62. The lowest BCUT2D eigenvalue weighted by atomic mass is 10.2. The van der Waals surface area contributed by atoms with Crippen LogP contribution in [0.2, 0.25) is 0 Å². The molecule has 1 fully saturated rings. The van der Waals surface area contributed by atoms with E-state index in [2.05, 4.69) is 5.32 Å². The molecule has 2 aromatic carbocycles. The molecule has 23 heavy (non-hydrogen) atoms. The van der Waals surface area contributed by atoms with Crippen molar-refractivity contribution in [1.29, 1.82) is 0 Å². The van der Waals surface area contributed by atoms with Gasteiger partial charge in [0, 0.05) is 0 Å². The first kappa shape index (κ1) is 17.9. The van der Waals surface area contributed by atoms with Gasteiger partial charge in [-0.2, -0.15) is 0 Å². The Morgan fingerprint density at radius 2 is 1.39 bits per heavy atom. The minimum atomic E-state index is -3.35. The van der Waals surface area contributed by atoms with E-state index in [-0.39, 0.29) is 18.2 Å². The van der Waals surface area contributed by atoms with Crippen LogP contribution in [0.25, 0.3) is 0 Å². The highest BCUT2D eigenvalue weighted by molar-refractivity contribution is 7.55. The van der Waals surface area contributed by atoms with Crippen molar-refractivity contribution in [1.82, 2.24) is 5.32 Å². The molecule has 0 radical (unpaired) electrons. The van der Waals surface area contributed by atoms with E-state index < -0.39 is 7.60 Å². The lowest BCUT2D eigenvalue weighted by molar-refractivity contribution is 0.340. The summed E-state index contributed by atoms with van der Waals surface area (Å²) in [5.74, 6) is 0.852. The van der Waals surface area contributed by atoms with Crippen LogP contribution in [0, 0.1) is 0 Å². The molecule has 0 spiro atoms. The van der Waals surface area contributed by atoms with E-state index in [0.717, 1.165) is 25.8 Å². The Bertz CT molecular complexity index is 587. The summed E-state index contributed by atoms with van der Waals surface area (Å²) in [5.41, 5.74) is 0. The topological polar surface area (TPSA) is 47.6 Å². The van der Waals surface area contributed by atoms with E-state index in [1.807, 2.05) is 36.4 Å². The van der Waals surface area contributed by atoms with Crippen molar-refractivity contribution in [3.8, 4) is 11.5 Å². The maximum Gasteiger partial charge on any atom is 0.447 e.